The van der Waals surface area contributed by atoms with Crippen molar-refractivity contribution in [1.82, 2.24) is 10.2 Å². The van der Waals surface area contributed by atoms with E-state index in [4.69, 9.17) is 4.74 Å². The Kier molecular flexibility index (Phi) is 6.92. The van der Waals surface area contributed by atoms with Crippen LogP contribution < -0.4 is 16.0 Å². The Balaban J connectivity index is 1.86. The van der Waals surface area contributed by atoms with Crippen LogP contribution in [0.2, 0.25) is 0 Å². The molecule has 4 amide bonds. The fourth-order valence-electron chi connectivity index (χ4n) is 3.51. The molecule has 1 aliphatic heterocycles. The molecule has 162 valence electrons. The van der Waals surface area contributed by atoms with Crippen LogP contribution in [-0.2, 0) is 9.53 Å². The molecule has 0 saturated carbocycles. The first-order valence-electron chi connectivity index (χ1n) is 10.0. The summed E-state index contributed by atoms with van der Waals surface area (Å²) in [5.41, 5.74) is 2.77. The Morgan fingerprint density at radius 3 is 2.42 bits per heavy atom. The number of allylic oxidation sites excluding steroid dienone is 1. The van der Waals surface area contributed by atoms with Gasteiger partial charge in [0.05, 0.1) is 18.7 Å². The molecule has 0 aliphatic carbocycles. The van der Waals surface area contributed by atoms with Gasteiger partial charge in [-0.1, -0.05) is 37.3 Å². The maximum Gasteiger partial charge on any atom is 0.337 e. The van der Waals surface area contributed by atoms with Crippen LogP contribution in [0, 0.1) is 0 Å². The number of rotatable bonds is 6. The average molecular weight is 422 g/mol. The van der Waals surface area contributed by atoms with Gasteiger partial charge in [-0.15, -0.1) is 0 Å². The number of esters is 1. The van der Waals surface area contributed by atoms with E-state index >= 15 is 0 Å². The molecule has 0 radical (unpaired) electrons. The lowest BCUT2D eigenvalue weighted by molar-refractivity contribution is -0.136. The van der Waals surface area contributed by atoms with E-state index < -0.39 is 18.0 Å². The quantitative estimate of drug-likeness (QED) is 0.606. The molecular formula is C23H26N4O4. The van der Waals surface area contributed by atoms with E-state index in [1.165, 1.54) is 12.0 Å². The monoisotopic (exact) mass is 422 g/mol. The number of nitrogens with one attached hydrogen (secondary N) is 3. The van der Waals surface area contributed by atoms with Gasteiger partial charge in [0.25, 0.3) is 0 Å². The van der Waals surface area contributed by atoms with Gasteiger partial charge < -0.3 is 20.7 Å². The standard InChI is InChI=1S/C23H26N4O4/c1-4-13-27-15(2)19(21(28)31-3)20(26-23(27)30)16-9-8-12-18(14-16)25-22(29)24-17-10-6-5-7-11-17/h5-12,14,20H,4,13H2,1-3H3,(H,26,30)(H2,24,25,29). The topological polar surface area (TPSA) is 99.8 Å². The predicted octanol–water partition coefficient (Wildman–Crippen LogP) is 4.25. The summed E-state index contributed by atoms with van der Waals surface area (Å²) in [4.78, 5) is 39.1. The second-order valence-corrected chi connectivity index (χ2v) is 7.10. The van der Waals surface area contributed by atoms with Crippen LogP contribution in [0.25, 0.3) is 0 Å². The van der Waals surface area contributed by atoms with E-state index in [0.717, 1.165) is 6.42 Å². The van der Waals surface area contributed by atoms with Crippen molar-refractivity contribution in [3.05, 3.63) is 71.4 Å². The molecule has 0 spiro atoms. The van der Waals surface area contributed by atoms with Crippen LogP contribution in [0.4, 0.5) is 21.0 Å². The van der Waals surface area contributed by atoms with Crippen LogP contribution >= 0.6 is 0 Å². The maximum atomic E-state index is 12.6. The smallest absolute Gasteiger partial charge is 0.337 e. The first-order chi connectivity index (χ1) is 14.9. The second-order valence-electron chi connectivity index (χ2n) is 7.10. The van der Waals surface area contributed by atoms with Crippen LogP contribution in [0.15, 0.2) is 65.9 Å². The highest BCUT2D eigenvalue weighted by atomic mass is 16.5. The van der Waals surface area contributed by atoms with Crippen molar-refractivity contribution in [1.29, 1.82) is 0 Å². The Morgan fingerprint density at radius 1 is 1.06 bits per heavy atom. The lowest BCUT2D eigenvalue weighted by Crippen LogP contribution is -2.48. The Bertz CT molecular complexity index is 1000. The molecular weight excluding hydrogens is 396 g/mol. The zero-order valence-electron chi connectivity index (χ0n) is 17.8. The summed E-state index contributed by atoms with van der Waals surface area (Å²) >= 11 is 0. The minimum atomic E-state index is -0.688. The molecule has 3 rings (SSSR count). The van der Waals surface area contributed by atoms with E-state index in [-0.39, 0.29) is 6.03 Å². The molecule has 1 atom stereocenters. The molecule has 0 saturated heterocycles. The number of para-hydroxylation sites is 1. The predicted molar refractivity (Wildman–Crippen MR) is 119 cm³/mol. The van der Waals surface area contributed by atoms with Crippen molar-refractivity contribution in [3.63, 3.8) is 0 Å². The van der Waals surface area contributed by atoms with Crippen LogP contribution in [0.5, 0.6) is 0 Å². The van der Waals surface area contributed by atoms with Gasteiger partial charge in [0.1, 0.15) is 0 Å². The minimum absolute atomic E-state index is 0.280. The van der Waals surface area contributed by atoms with Gasteiger partial charge in [-0.05, 0) is 43.2 Å². The molecule has 0 aromatic heterocycles. The lowest BCUT2D eigenvalue weighted by Gasteiger charge is -2.35. The van der Waals surface area contributed by atoms with Crippen molar-refractivity contribution >= 4 is 29.4 Å². The van der Waals surface area contributed by atoms with Gasteiger partial charge in [-0.3, -0.25) is 4.90 Å². The first kappa shape index (κ1) is 21.9. The summed E-state index contributed by atoms with van der Waals surface area (Å²) in [6, 6.07) is 14.7. The molecule has 0 fully saturated rings. The van der Waals surface area contributed by atoms with Crippen molar-refractivity contribution in [2.24, 2.45) is 0 Å². The fourth-order valence-corrected chi connectivity index (χ4v) is 3.51. The molecule has 8 nitrogen and oxygen atoms in total. The summed E-state index contributed by atoms with van der Waals surface area (Å²) in [6.07, 6.45) is 0.750. The summed E-state index contributed by atoms with van der Waals surface area (Å²) in [6.45, 7) is 4.19. The summed E-state index contributed by atoms with van der Waals surface area (Å²) < 4.78 is 4.98. The largest absolute Gasteiger partial charge is 0.466 e. The molecule has 1 unspecified atom stereocenters. The Morgan fingerprint density at radius 2 is 1.74 bits per heavy atom. The van der Waals surface area contributed by atoms with Gasteiger partial charge in [0.15, 0.2) is 0 Å². The molecule has 0 bridgehead atoms. The summed E-state index contributed by atoms with van der Waals surface area (Å²) in [5.74, 6) is -0.510. The first-order valence-corrected chi connectivity index (χ1v) is 10.0. The van der Waals surface area contributed by atoms with Crippen molar-refractivity contribution in [2.75, 3.05) is 24.3 Å². The van der Waals surface area contributed by atoms with Crippen molar-refractivity contribution in [3.8, 4) is 0 Å². The number of ether oxygens (including phenoxy) is 1. The molecule has 2 aromatic rings. The maximum absolute atomic E-state index is 12.6. The highest BCUT2D eigenvalue weighted by Crippen LogP contribution is 2.32. The van der Waals surface area contributed by atoms with Crippen molar-refractivity contribution < 1.29 is 19.1 Å². The highest BCUT2D eigenvalue weighted by Gasteiger charge is 2.35. The molecule has 31 heavy (non-hydrogen) atoms. The van der Waals surface area contributed by atoms with E-state index in [9.17, 15) is 14.4 Å². The molecule has 2 aromatic carbocycles. The zero-order chi connectivity index (χ0) is 22.4. The van der Waals surface area contributed by atoms with Gasteiger partial charge in [-0.2, -0.15) is 0 Å². The average Bonchev–Trinajstić information content (AvgIpc) is 2.76. The number of urea groups is 2. The van der Waals surface area contributed by atoms with Crippen molar-refractivity contribution in [2.45, 2.75) is 26.3 Å². The summed E-state index contributed by atoms with van der Waals surface area (Å²) in [7, 11) is 1.31. The summed E-state index contributed by atoms with van der Waals surface area (Å²) in [5, 5.41) is 8.41. The van der Waals surface area contributed by atoms with E-state index in [0.29, 0.717) is 34.8 Å². The molecule has 1 heterocycles. The zero-order valence-corrected chi connectivity index (χ0v) is 17.8. The minimum Gasteiger partial charge on any atom is -0.466 e. The number of nitrogens with zero attached hydrogens (tertiary/aromatic N) is 1. The molecule has 3 N–H and O–H groups in total. The number of benzene rings is 2. The third-order valence-corrected chi connectivity index (χ3v) is 4.96. The fraction of sp³-hybridized carbons (Fsp3) is 0.261. The normalized spacial score (nSPS) is 15.9. The molecule has 8 heteroatoms. The van der Waals surface area contributed by atoms with Gasteiger partial charge in [0, 0.05) is 23.6 Å². The third-order valence-electron chi connectivity index (χ3n) is 4.96. The van der Waals surface area contributed by atoms with E-state index in [1.54, 1.807) is 43.3 Å². The number of amides is 4. The number of methoxy groups -OCH3 is 1. The Hall–Kier alpha value is -3.81. The SMILES string of the molecule is CCCN1C(=O)NC(c2cccc(NC(=O)Nc3ccccc3)c2)C(C(=O)OC)=C1C. The number of anilines is 2. The number of hydrogen-bond donors (Lipinski definition) is 3. The lowest BCUT2D eigenvalue weighted by atomic mass is 9.94. The van der Waals surface area contributed by atoms with Crippen LogP contribution in [0.1, 0.15) is 31.9 Å². The number of carbonyl (C=O) groups excluding carboxylic acids is 3. The van der Waals surface area contributed by atoms with E-state index in [1.807, 2.05) is 25.1 Å². The van der Waals surface area contributed by atoms with Gasteiger partial charge in [-0.25, -0.2) is 14.4 Å². The van der Waals surface area contributed by atoms with Crippen LogP contribution in [-0.4, -0.2) is 36.6 Å². The van der Waals surface area contributed by atoms with Gasteiger partial charge >= 0.3 is 18.0 Å². The van der Waals surface area contributed by atoms with Crippen LogP contribution in [0.3, 0.4) is 0 Å². The van der Waals surface area contributed by atoms with Gasteiger partial charge in [0.2, 0.25) is 0 Å². The molecule has 1 aliphatic rings. The number of carbonyl (C=O) groups is 3. The Labute approximate surface area is 181 Å². The highest BCUT2D eigenvalue weighted by molar-refractivity contribution is 6.00. The second kappa shape index (κ2) is 9.80. The number of hydrogen-bond acceptors (Lipinski definition) is 4. The van der Waals surface area contributed by atoms with E-state index in [2.05, 4.69) is 16.0 Å². The third kappa shape index (κ3) is 5.03.